The van der Waals surface area contributed by atoms with Gasteiger partial charge in [0, 0.05) is 24.0 Å². The number of allylic oxidation sites excluding steroid dienone is 5. The van der Waals surface area contributed by atoms with Crippen LogP contribution in [0.5, 0.6) is 5.75 Å². The molecule has 2 aromatic carbocycles. The molecule has 0 amide bonds. The zero-order valence-electron chi connectivity index (χ0n) is 23.3. The highest BCUT2D eigenvalue weighted by molar-refractivity contribution is 7.10. The van der Waals surface area contributed by atoms with Crippen molar-refractivity contribution in [3.05, 3.63) is 112 Å². The minimum absolute atomic E-state index is 0.508. The molecular weight excluding hydrogens is 504 g/mol. The van der Waals surface area contributed by atoms with Gasteiger partial charge in [-0.25, -0.2) is 0 Å². The van der Waals surface area contributed by atoms with E-state index < -0.39 is 0 Å². The number of ether oxygens (including phenoxy) is 2. The Morgan fingerprint density at radius 3 is 2.28 bits per heavy atom. The van der Waals surface area contributed by atoms with Crippen molar-refractivity contribution in [2.75, 3.05) is 7.11 Å². The maximum Gasteiger partial charge on any atom is 0.150 e. The van der Waals surface area contributed by atoms with Crippen LogP contribution in [0.3, 0.4) is 0 Å². The summed E-state index contributed by atoms with van der Waals surface area (Å²) in [4.78, 5) is 11.9. The highest BCUT2D eigenvalue weighted by Gasteiger charge is 2.12. The van der Waals surface area contributed by atoms with Crippen LogP contribution in [0.15, 0.2) is 95.6 Å². The number of rotatable bonds is 13. The largest absolute Gasteiger partial charge is 0.493 e. The van der Waals surface area contributed by atoms with Crippen molar-refractivity contribution in [2.45, 2.75) is 59.2 Å². The molecule has 4 rings (SSSR count). The lowest BCUT2D eigenvalue weighted by Crippen LogP contribution is -2.02. The topological polar surface area (TPSA) is 55.8 Å². The van der Waals surface area contributed by atoms with E-state index >= 15 is 0 Å². The number of benzene rings is 2. The number of hydrogen-bond donors (Lipinski definition) is 1. The Balaban J connectivity index is 0.00000205. The fraction of sp³-hybridized carbons (Fsp3) is 0.324. The lowest BCUT2D eigenvalue weighted by molar-refractivity contribution is 0.112. The van der Waals surface area contributed by atoms with Gasteiger partial charge in [-0.2, -0.15) is 0 Å². The molecule has 0 fully saturated rings. The van der Waals surface area contributed by atoms with E-state index in [0.29, 0.717) is 24.7 Å². The molecular formula is C34H40O4S. The molecule has 1 heterocycles. The number of aldehydes is 1. The SMILES string of the molecule is CCCC(CCC)C1=CC=C(OCc2ccc(-c3csc(COc4ccc(C=O)cc4)c3)cc2)CC=C1.CO. The molecule has 1 aromatic heterocycles. The second kappa shape index (κ2) is 16.5. The molecule has 0 saturated heterocycles. The summed E-state index contributed by atoms with van der Waals surface area (Å²) in [7, 11) is 1.00. The minimum atomic E-state index is 0.508. The predicted octanol–water partition coefficient (Wildman–Crippen LogP) is 8.92. The van der Waals surface area contributed by atoms with Crippen LogP contribution in [-0.4, -0.2) is 18.5 Å². The fourth-order valence-corrected chi connectivity index (χ4v) is 5.36. The maximum absolute atomic E-state index is 10.8. The van der Waals surface area contributed by atoms with Crippen LogP contribution in [-0.2, 0) is 18.0 Å². The van der Waals surface area contributed by atoms with E-state index in [-0.39, 0.29) is 0 Å². The third-order valence-electron chi connectivity index (χ3n) is 6.60. The van der Waals surface area contributed by atoms with E-state index in [2.05, 4.69) is 73.9 Å². The number of thiophene rings is 1. The number of carbonyl (C=O) groups is 1. The first-order chi connectivity index (χ1) is 19.2. The second-order valence-electron chi connectivity index (χ2n) is 9.44. The summed E-state index contributed by atoms with van der Waals surface area (Å²) in [6.45, 7) is 5.61. The summed E-state index contributed by atoms with van der Waals surface area (Å²) in [6.07, 6.45) is 15.6. The predicted molar refractivity (Wildman–Crippen MR) is 162 cm³/mol. The Morgan fingerprint density at radius 2 is 1.62 bits per heavy atom. The lowest BCUT2D eigenvalue weighted by Gasteiger charge is -2.16. The molecule has 1 aliphatic carbocycles. The van der Waals surface area contributed by atoms with Gasteiger partial charge in [-0.1, -0.05) is 69.2 Å². The Morgan fingerprint density at radius 1 is 0.897 bits per heavy atom. The first-order valence-corrected chi connectivity index (χ1v) is 14.6. The standard InChI is InChI=1S/C33H36O3S.CH4O/c1-3-6-27(7-4-2)28-8-5-9-31(19-16-28)35-22-26-10-14-29(15-11-26)30-20-33(37-24-30)23-36-32-17-12-25(21-34)13-18-32;1-2/h5,8,10-21,24,27H,3-4,6-7,9,22-23H2,1-2H3;2H,1H3. The van der Waals surface area contributed by atoms with Gasteiger partial charge in [0.2, 0.25) is 0 Å². The average Bonchev–Trinajstić information content (AvgIpc) is 3.34. The Labute approximate surface area is 237 Å². The van der Waals surface area contributed by atoms with Gasteiger partial charge in [0.15, 0.2) is 0 Å². The molecule has 4 nitrogen and oxygen atoms in total. The minimum Gasteiger partial charge on any atom is -0.493 e. The van der Waals surface area contributed by atoms with Crippen molar-refractivity contribution in [3.63, 3.8) is 0 Å². The van der Waals surface area contributed by atoms with E-state index in [4.69, 9.17) is 14.6 Å². The van der Waals surface area contributed by atoms with Crippen LogP contribution in [0.4, 0.5) is 0 Å². The van der Waals surface area contributed by atoms with Gasteiger partial charge in [-0.05, 0) is 82.8 Å². The van der Waals surface area contributed by atoms with Crippen LogP contribution >= 0.6 is 11.3 Å². The van der Waals surface area contributed by atoms with Gasteiger partial charge >= 0.3 is 0 Å². The van der Waals surface area contributed by atoms with E-state index in [1.54, 1.807) is 23.5 Å². The molecule has 0 atom stereocenters. The van der Waals surface area contributed by atoms with Crippen molar-refractivity contribution in [1.29, 1.82) is 0 Å². The Bertz CT molecular complexity index is 1230. The van der Waals surface area contributed by atoms with Crippen molar-refractivity contribution in [1.82, 2.24) is 0 Å². The van der Waals surface area contributed by atoms with Crippen LogP contribution < -0.4 is 4.74 Å². The third-order valence-corrected chi connectivity index (χ3v) is 7.51. The molecule has 5 heteroatoms. The van der Waals surface area contributed by atoms with E-state index in [0.717, 1.165) is 41.8 Å². The maximum atomic E-state index is 10.8. The molecule has 0 saturated carbocycles. The van der Waals surface area contributed by atoms with E-state index in [1.165, 1.54) is 42.4 Å². The van der Waals surface area contributed by atoms with E-state index in [9.17, 15) is 4.79 Å². The summed E-state index contributed by atoms with van der Waals surface area (Å²) in [5.74, 6) is 2.43. The molecule has 1 N–H and O–H groups in total. The van der Waals surface area contributed by atoms with Gasteiger partial charge in [-0.15, -0.1) is 11.3 Å². The summed E-state index contributed by atoms with van der Waals surface area (Å²) in [5.41, 5.74) is 5.62. The smallest absolute Gasteiger partial charge is 0.150 e. The lowest BCUT2D eigenvalue weighted by atomic mass is 9.89. The monoisotopic (exact) mass is 544 g/mol. The van der Waals surface area contributed by atoms with Crippen LogP contribution in [0.1, 0.15) is 66.8 Å². The van der Waals surface area contributed by atoms with Gasteiger partial charge in [0.1, 0.15) is 31.0 Å². The summed E-state index contributed by atoms with van der Waals surface area (Å²) < 4.78 is 12.0. The van der Waals surface area contributed by atoms with Crippen LogP contribution in [0, 0.1) is 5.92 Å². The molecule has 206 valence electrons. The second-order valence-corrected chi connectivity index (χ2v) is 10.4. The molecule has 0 radical (unpaired) electrons. The molecule has 0 bridgehead atoms. The third kappa shape index (κ3) is 9.38. The normalized spacial score (nSPS) is 12.6. The first kappa shape index (κ1) is 30.1. The molecule has 1 aliphatic rings. The molecule has 0 aliphatic heterocycles. The molecule has 3 aromatic rings. The number of aliphatic hydroxyl groups is 1. The number of aliphatic hydroxyl groups excluding tert-OH is 1. The van der Waals surface area contributed by atoms with Gasteiger partial charge < -0.3 is 14.6 Å². The zero-order chi connectivity index (χ0) is 27.9. The first-order valence-electron chi connectivity index (χ1n) is 13.7. The highest BCUT2D eigenvalue weighted by Crippen LogP contribution is 2.29. The van der Waals surface area contributed by atoms with Crippen molar-refractivity contribution in [2.24, 2.45) is 5.92 Å². The quantitative estimate of drug-likeness (QED) is 0.218. The average molecular weight is 545 g/mol. The number of hydrogen-bond acceptors (Lipinski definition) is 5. The zero-order valence-corrected chi connectivity index (χ0v) is 24.1. The summed E-state index contributed by atoms with van der Waals surface area (Å²) in [6, 6.07) is 18.0. The Hall–Kier alpha value is -3.41. The van der Waals surface area contributed by atoms with Gasteiger partial charge in [-0.3, -0.25) is 4.79 Å². The summed E-state index contributed by atoms with van der Waals surface area (Å²) in [5, 5.41) is 9.16. The fourth-order valence-electron chi connectivity index (χ4n) is 4.55. The van der Waals surface area contributed by atoms with Crippen molar-refractivity contribution in [3.8, 4) is 16.9 Å². The Kier molecular flexibility index (Phi) is 12.8. The van der Waals surface area contributed by atoms with Crippen molar-refractivity contribution >= 4 is 17.6 Å². The molecule has 0 spiro atoms. The molecule has 0 unspecified atom stereocenters. The van der Waals surface area contributed by atoms with Crippen LogP contribution in [0.2, 0.25) is 0 Å². The highest BCUT2D eigenvalue weighted by atomic mass is 32.1. The molecule has 39 heavy (non-hydrogen) atoms. The van der Waals surface area contributed by atoms with Crippen LogP contribution in [0.25, 0.3) is 11.1 Å². The van der Waals surface area contributed by atoms with Gasteiger partial charge in [0.05, 0.1) is 0 Å². The van der Waals surface area contributed by atoms with E-state index in [1.807, 2.05) is 12.1 Å². The summed E-state index contributed by atoms with van der Waals surface area (Å²) >= 11 is 1.69. The van der Waals surface area contributed by atoms with Gasteiger partial charge in [0.25, 0.3) is 0 Å². The van der Waals surface area contributed by atoms with Crippen molar-refractivity contribution < 1.29 is 19.4 Å². The number of carbonyl (C=O) groups excluding carboxylic acids is 1.